The zero-order chi connectivity index (χ0) is 12.7. The zero-order valence-electron chi connectivity index (χ0n) is 10.1. The summed E-state index contributed by atoms with van der Waals surface area (Å²) in [4.78, 5) is 15.4. The van der Waals surface area contributed by atoms with E-state index in [9.17, 15) is 4.79 Å². The minimum atomic E-state index is -0.284. The molecule has 0 spiro atoms. The van der Waals surface area contributed by atoms with Crippen LogP contribution in [0.2, 0.25) is 0 Å². The van der Waals surface area contributed by atoms with Crippen molar-refractivity contribution in [1.29, 1.82) is 0 Å². The predicted octanol–water partition coefficient (Wildman–Crippen LogP) is 0.420. The van der Waals surface area contributed by atoms with Crippen molar-refractivity contribution in [2.24, 2.45) is 0 Å². The van der Waals surface area contributed by atoms with E-state index in [0.717, 1.165) is 0 Å². The number of esters is 1. The van der Waals surface area contributed by atoms with Crippen molar-refractivity contribution in [2.75, 3.05) is 13.7 Å². The molecular weight excluding hydrogens is 222 g/mol. The van der Waals surface area contributed by atoms with Crippen LogP contribution in [0.25, 0.3) is 0 Å². The summed E-state index contributed by atoms with van der Waals surface area (Å²) in [6.07, 6.45) is 0.334. The van der Waals surface area contributed by atoms with E-state index in [2.05, 4.69) is 10.7 Å². The molecule has 5 heteroatoms. The third kappa shape index (κ3) is 4.95. The van der Waals surface area contributed by atoms with Gasteiger partial charge in [-0.25, -0.2) is 15.5 Å². The average Bonchev–Trinajstić information content (AvgIpc) is 3.04. The summed E-state index contributed by atoms with van der Waals surface area (Å²) in [6, 6.07) is 8.96. The number of ether oxygens (including phenoxy) is 2. The van der Waals surface area contributed by atoms with Crippen LogP contribution in [-0.4, -0.2) is 31.9 Å². The first-order valence-electron chi connectivity index (χ1n) is 5.34. The fraction of sp³-hybridized carbons (Fsp3) is 0.417. The summed E-state index contributed by atoms with van der Waals surface area (Å²) < 4.78 is 10.2. The highest BCUT2D eigenvalue weighted by molar-refractivity contribution is 5.89. The number of epoxide rings is 1. The van der Waals surface area contributed by atoms with Gasteiger partial charge in [-0.1, -0.05) is 18.2 Å². The van der Waals surface area contributed by atoms with Crippen LogP contribution in [0.4, 0.5) is 0 Å². The molecule has 2 rings (SSSR count). The van der Waals surface area contributed by atoms with Gasteiger partial charge in [0, 0.05) is 0 Å². The normalized spacial score (nSPS) is 21.1. The number of benzene rings is 1. The van der Waals surface area contributed by atoms with Gasteiger partial charge in [-0.2, -0.15) is 0 Å². The molecule has 0 saturated carbocycles. The predicted molar refractivity (Wildman–Crippen MR) is 61.0 cm³/mol. The van der Waals surface area contributed by atoms with Crippen molar-refractivity contribution in [3.8, 4) is 0 Å². The van der Waals surface area contributed by atoms with Gasteiger partial charge >= 0.3 is 5.97 Å². The van der Waals surface area contributed by atoms with Gasteiger partial charge in [0.15, 0.2) is 0 Å². The lowest BCUT2D eigenvalue weighted by Crippen LogP contribution is -2.46. The minimum Gasteiger partial charge on any atom is -0.459 e. The molecule has 17 heavy (non-hydrogen) atoms. The monoisotopic (exact) mass is 240 g/mol. The van der Waals surface area contributed by atoms with Gasteiger partial charge in [0.05, 0.1) is 18.8 Å². The van der Waals surface area contributed by atoms with Crippen molar-refractivity contribution in [3.05, 3.63) is 35.9 Å². The molecule has 0 aliphatic carbocycles. The van der Waals surface area contributed by atoms with E-state index in [1.54, 1.807) is 12.1 Å². The Morgan fingerprint density at radius 1 is 1.41 bits per heavy atom. The van der Waals surface area contributed by atoms with E-state index < -0.39 is 0 Å². The van der Waals surface area contributed by atoms with E-state index >= 15 is 0 Å². The Morgan fingerprint density at radius 3 is 2.41 bits per heavy atom. The first-order valence-corrected chi connectivity index (χ1v) is 5.34. The van der Waals surface area contributed by atoms with Gasteiger partial charge in [0.1, 0.15) is 12.7 Å². The van der Waals surface area contributed by atoms with Crippen LogP contribution >= 0.6 is 0 Å². The summed E-state index contributed by atoms with van der Waals surface area (Å²) in [5.74, 6) is 2.70. The van der Waals surface area contributed by atoms with Gasteiger partial charge in [-0.05, 0) is 19.1 Å². The number of carbonyl (C=O) groups excluding carboxylic acids is 1. The molecule has 0 bridgehead atoms. The Bertz CT molecular complexity index is 342. The second kappa shape index (κ2) is 7.01. The van der Waals surface area contributed by atoms with Crippen molar-refractivity contribution in [1.82, 2.24) is 0 Å². The Kier molecular flexibility index (Phi) is 5.62. The second-order valence-electron chi connectivity index (χ2n) is 3.63. The van der Waals surface area contributed by atoms with Crippen molar-refractivity contribution in [3.63, 3.8) is 0 Å². The number of carbonyl (C=O) groups is 1. The largest absolute Gasteiger partial charge is 0.459 e. The third-order valence-corrected chi connectivity index (χ3v) is 2.22. The summed E-state index contributed by atoms with van der Waals surface area (Å²) in [5, 5.41) is 0. The number of quaternary nitrogens is 1. The third-order valence-electron chi connectivity index (χ3n) is 2.22. The van der Waals surface area contributed by atoms with Crippen LogP contribution in [-0.2, 0) is 14.3 Å². The molecule has 1 aromatic carbocycles. The van der Waals surface area contributed by atoms with Crippen LogP contribution in [0.15, 0.2) is 30.3 Å². The van der Waals surface area contributed by atoms with Gasteiger partial charge in [0.25, 0.3) is 0 Å². The summed E-state index contributed by atoms with van der Waals surface area (Å²) in [6.45, 7) is 2.32. The second-order valence-corrected chi connectivity index (χ2v) is 3.63. The Morgan fingerprint density at radius 2 is 1.94 bits per heavy atom. The quantitative estimate of drug-likeness (QED) is 0.472. The highest BCUT2D eigenvalue weighted by Crippen LogP contribution is 2.21. The van der Waals surface area contributed by atoms with Gasteiger partial charge in [-0.15, -0.1) is 0 Å². The summed E-state index contributed by atoms with van der Waals surface area (Å²) in [7, 11) is 1.51. The molecule has 2 unspecified atom stereocenters. The number of rotatable bonds is 3. The van der Waals surface area contributed by atoms with E-state index in [0.29, 0.717) is 12.2 Å². The van der Waals surface area contributed by atoms with E-state index in [1.807, 2.05) is 25.1 Å². The molecule has 3 N–H and O–H groups in total. The molecule has 1 fully saturated rings. The minimum absolute atomic E-state index is 0.0997. The summed E-state index contributed by atoms with van der Waals surface area (Å²) >= 11 is 0. The molecule has 5 nitrogen and oxygen atoms in total. The van der Waals surface area contributed by atoms with Gasteiger partial charge in [-0.3, -0.25) is 0 Å². The fourth-order valence-electron chi connectivity index (χ4n) is 1.22. The standard InChI is InChI=1S/C11H12O3.CH6NO/c1-8-10(14-8)7-13-11(12)9-5-3-2-4-6-9;1-3-2/h2-6,8,10H,7H2,1H3;1-2H3/q;+1. The van der Waals surface area contributed by atoms with Crippen molar-refractivity contribution >= 4 is 5.97 Å². The SMILES string of the molecule is CC1OC1COC(=O)c1ccccc1.CO[NH3+]. The van der Waals surface area contributed by atoms with E-state index in [-0.39, 0.29) is 18.2 Å². The Balaban J connectivity index is 0.000000437. The summed E-state index contributed by atoms with van der Waals surface area (Å²) in [5.41, 5.74) is 0.584. The van der Waals surface area contributed by atoms with Crippen LogP contribution in [0.1, 0.15) is 17.3 Å². The smallest absolute Gasteiger partial charge is 0.338 e. The molecule has 0 aromatic heterocycles. The molecule has 1 saturated heterocycles. The average molecular weight is 240 g/mol. The van der Waals surface area contributed by atoms with Crippen LogP contribution in [0.3, 0.4) is 0 Å². The Labute approximate surface area is 100 Å². The molecule has 1 aromatic rings. The molecule has 0 radical (unpaired) electrons. The van der Waals surface area contributed by atoms with Crippen LogP contribution < -0.4 is 5.90 Å². The first kappa shape index (κ1) is 13.6. The molecule has 2 atom stereocenters. The Hall–Kier alpha value is -1.43. The maximum absolute atomic E-state index is 11.4. The highest BCUT2D eigenvalue weighted by atomic mass is 16.6. The fourth-order valence-corrected chi connectivity index (χ4v) is 1.22. The lowest BCUT2D eigenvalue weighted by molar-refractivity contribution is -0.679. The van der Waals surface area contributed by atoms with Crippen molar-refractivity contribution < 1.29 is 25.0 Å². The molecular formula is C12H18NO4+. The maximum Gasteiger partial charge on any atom is 0.338 e. The van der Waals surface area contributed by atoms with Crippen molar-refractivity contribution in [2.45, 2.75) is 19.1 Å². The highest BCUT2D eigenvalue weighted by Gasteiger charge is 2.35. The lowest BCUT2D eigenvalue weighted by atomic mass is 10.2. The van der Waals surface area contributed by atoms with E-state index in [4.69, 9.17) is 9.47 Å². The molecule has 94 valence electrons. The van der Waals surface area contributed by atoms with Gasteiger partial charge < -0.3 is 9.47 Å². The van der Waals surface area contributed by atoms with Gasteiger partial charge in [0.2, 0.25) is 0 Å². The number of hydrogen-bond donors (Lipinski definition) is 1. The van der Waals surface area contributed by atoms with Crippen LogP contribution in [0, 0.1) is 0 Å². The topological polar surface area (TPSA) is 75.7 Å². The maximum atomic E-state index is 11.4. The first-order chi connectivity index (χ1) is 8.19. The lowest BCUT2D eigenvalue weighted by Gasteiger charge is -2.01. The molecule has 1 aliphatic heterocycles. The zero-order valence-corrected chi connectivity index (χ0v) is 10.1. The van der Waals surface area contributed by atoms with E-state index in [1.165, 1.54) is 7.11 Å². The van der Waals surface area contributed by atoms with Crippen LogP contribution in [0.5, 0.6) is 0 Å². The molecule has 1 aliphatic rings. The molecule has 1 heterocycles. The molecule has 0 amide bonds. The number of hydrogen-bond acceptors (Lipinski definition) is 4.